The number of nitrogens with zero attached hydrogens (tertiary/aromatic N) is 9. The van der Waals surface area contributed by atoms with Crippen LogP contribution in [0, 0.1) is 0 Å². The van der Waals surface area contributed by atoms with Gasteiger partial charge in [0.1, 0.15) is 73.2 Å². The number of carbonyl (C=O) groups excluding carboxylic acids is 7. The Labute approximate surface area is 622 Å². The summed E-state index contributed by atoms with van der Waals surface area (Å²) in [4.78, 5) is 99.2. The van der Waals surface area contributed by atoms with Crippen LogP contribution < -0.4 is 10.6 Å². The van der Waals surface area contributed by atoms with Gasteiger partial charge in [0.15, 0.2) is 0 Å². The zero-order valence-electron chi connectivity index (χ0n) is 62.3. The van der Waals surface area contributed by atoms with Gasteiger partial charge in [-0.3, -0.25) is 48.3 Å². The third kappa shape index (κ3) is 42.9. The first kappa shape index (κ1) is 102. The summed E-state index contributed by atoms with van der Waals surface area (Å²) in [6.45, 7) is -7.28. The Hall–Kier alpha value is -4.91. The van der Waals surface area contributed by atoms with Gasteiger partial charge in [-0.2, -0.15) is 0 Å². The van der Waals surface area contributed by atoms with E-state index in [2.05, 4.69) is 10.6 Å². The van der Waals surface area contributed by atoms with Crippen LogP contribution in [0.25, 0.3) is 0 Å². The molecule has 630 valence electrons. The molecule has 0 aliphatic carbocycles. The Balaban J connectivity index is 5.19. The molecule has 0 fully saturated rings. The molecule has 0 aliphatic rings. The fourth-order valence-electron chi connectivity index (χ4n) is 9.52. The highest BCUT2D eigenvalue weighted by atomic mass is 16.6. The largest absolute Gasteiger partial charge is 0.394 e. The van der Waals surface area contributed by atoms with Gasteiger partial charge < -0.3 is 171 Å². The van der Waals surface area contributed by atoms with E-state index in [-0.39, 0.29) is 151 Å². The number of likely N-dealkylation sites (N-methyl/N-ethyl adjacent to an activating group) is 7. The van der Waals surface area contributed by atoms with Crippen LogP contribution in [0.5, 0.6) is 0 Å². The number of hydrogen-bond acceptors (Lipinski definition) is 37. The topological polar surface area (TPSA) is 633 Å². The van der Waals surface area contributed by atoms with Crippen molar-refractivity contribution >= 4 is 41.4 Å². The van der Waals surface area contributed by atoms with Crippen LogP contribution >= 0.6 is 0 Å². The van der Waals surface area contributed by atoms with Crippen LogP contribution in [0.15, 0.2) is 0 Å². The van der Waals surface area contributed by atoms with E-state index in [0.29, 0.717) is 0 Å². The van der Waals surface area contributed by atoms with Gasteiger partial charge in [-0.15, -0.1) is 0 Å². The van der Waals surface area contributed by atoms with E-state index in [0.717, 1.165) is 24.5 Å². The molecule has 0 unspecified atom stereocenters. The minimum absolute atomic E-state index is 0.0297. The summed E-state index contributed by atoms with van der Waals surface area (Å²) >= 11 is 0. The van der Waals surface area contributed by atoms with Crippen LogP contribution in [0.4, 0.5) is 0 Å². The lowest BCUT2D eigenvalue weighted by molar-refractivity contribution is -0.145. The van der Waals surface area contributed by atoms with Gasteiger partial charge in [0.05, 0.1) is 176 Å². The zero-order valence-corrected chi connectivity index (χ0v) is 62.3. The summed E-state index contributed by atoms with van der Waals surface area (Å²) in [5.41, 5.74) is 0. The molecule has 0 bridgehead atoms. The number of ether oxygens (including phenoxy) is 6. The first-order valence-electron chi connectivity index (χ1n) is 34.8. The maximum absolute atomic E-state index is 12.9. The third-order valence-corrected chi connectivity index (χ3v) is 16.7. The smallest absolute Gasteiger partial charge is 0.242 e. The van der Waals surface area contributed by atoms with Gasteiger partial charge >= 0.3 is 0 Å². The highest BCUT2D eigenvalue weighted by Gasteiger charge is 2.37. The molecule has 0 saturated heterocycles. The first-order valence-corrected chi connectivity index (χ1v) is 34.8. The number of aliphatic hydroxyl groups is 20. The van der Waals surface area contributed by atoms with Crippen molar-refractivity contribution in [1.29, 1.82) is 0 Å². The van der Waals surface area contributed by atoms with E-state index in [9.17, 15) is 136 Å². The molecule has 107 heavy (non-hydrogen) atoms. The summed E-state index contributed by atoms with van der Waals surface area (Å²) in [5.74, 6) is -3.61. The van der Waals surface area contributed by atoms with Gasteiger partial charge in [-0.1, -0.05) is 0 Å². The van der Waals surface area contributed by atoms with Gasteiger partial charge in [0.25, 0.3) is 0 Å². The third-order valence-electron chi connectivity index (χ3n) is 16.7. The molecule has 0 aromatic rings. The molecule has 0 aromatic heterocycles. The maximum atomic E-state index is 12.9. The summed E-state index contributed by atoms with van der Waals surface area (Å²) in [6, 6.07) is 0. The van der Waals surface area contributed by atoms with Gasteiger partial charge in [0.2, 0.25) is 41.4 Å². The minimum atomic E-state index is -2.10. The second-order valence-electron chi connectivity index (χ2n) is 25.6. The number of hydrogen-bond donors (Lipinski definition) is 22. The van der Waals surface area contributed by atoms with Crippen LogP contribution in [-0.4, -0.2) is 552 Å². The molecule has 0 aliphatic heterocycles. The van der Waals surface area contributed by atoms with Crippen molar-refractivity contribution in [2.45, 2.75) is 97.7 Å². The number of rotatable bonds is 65. The van der Waals surface area contributed by atoms with Crippen molar-refractivity contribution in [1.82, 2.24) is 54.7 Å². The monoisotopic (exact) mass is 1560 g/mol. The number of aliphatic hydroxyl groups excluding tert-OH is 20. The van der Waals surface area contributed by atoms with Crippen molar-refractivity contribution in [2.75, 3.05) is 266 Å². The zero-order chi connectivity index (χ0) is 81.5. The normalized spacial score (nSPS) is 16.5. The fourth-order valence-corrected chi connectivity index (χ4v) is 9.52. The highest BCUT2D eigenvalue weighted by Crippen LogP contribution is 2.15. The lowest BCUT2D eigenvalue weighted by Gasteiger charge is -2.36. The van der Waals surface area contributed by atoms with Gasteiger partial charge in [0, 0.05) is 108 Å². The van der Waals surface area contributed by atoms with E-state index in [1.807, 2.05) is 0 Å². The minimum Gasteiger partial charge on any atom is -0.394 e. The lowest BCUT2D eigenvalue weighted by atomic mass is 10.0. The Morgan fingerprint density at radius 2 is 0.495 bits per heavy atom. The number of carbonyl (C=O) groups is 7. The predicted octanol–water partition coefficient (Wildman–Crippen LogP) is -17.2. The SMILES string of the molecule is CNCC(=O)N(C)CC(=O)N(C)CC(=O)N(C)CC(=O)N(C)CC(=O)N(C)CC(=O)N(C)CC(=O)NCCOCCOCCOCCOCCOCCOCCN(CCN(C[C@H](O)[C@@H](O)[C@H](O)[C@H](O)CO)C[C@H](O)[C@@H](O)[C@H](O)[C@H](O)CO)CCN(C[C@H](O)[C@@H](O)[C@H](O)[C@H](O)CO)C[C@H](O)[C@@H](O)[C@H](O)[C@H](O)CO. The van der Waals surface area contributed by atoms with E-state index < -0.39 is 205 Å². The molecule has 0 aromatic carbocycles. The first-order chi connectivity index (χ1) is 50.4. The van der Waals surface area contributed by atoms with Crippen molar-refractivity contribution in [3.8, 4) is 0 Å². The van der Waals surface area contributed by atoms with Crippen molar-refractivity contribution in [3.63, 3.8) is 0 Å². The van der Waals surface area contributed by atoms with Crippen LogP contribution in [0.2, 0.25) is 0 Å². The second-order valence-corrected chi connectivity index (χ2v) is 25.6. The molecule has 0 heterocycles. The average molecular weight is 1560 g/mol. The molecule has 7 amide bonds. The molecule has 0 radical (unpaired) electrons. The standard InChI is InChI=1S/C63H125N11O33/c1-64-26-50(88)67(3)32-52(90)69(5)34-54(92)71(7)36-55(93)70(6)35-53(91)68(4)33-51(89)66(2)31-49(87)65-8-14-102-16-18-104-20-22-106-24-25-107-23-21-105-19-17-103-15-13-72(9-11-73(27-41(79)56(94)60(98)45(83)37-75)28-42(80)57(95)61(99)46(84)38-76)10-12-74(29-43(81)58(96)62(100)47(85)39-77)30-44(82)59(97)63(101)48(86)40-78/h41-48,56-64,75-86,94-101H,8-40H2,1-7H3,(H,65,87)/t41-,42-,43-,44-,45+,46+,47+,48+,56+,57+,58+,59+,60+,61+,62+,63+/m0/s1. The van der Waals surface area contributed by atoms with Crippen molar-refractivity contribution in [3.05, 3.63) is 0 Å². The lowest BCUT2D eigenvalue weighted by Crippen LogP contribution is -2.55. The molecule has 22 N–H and O–H groups in total. The van der Waals surface area contributed by atoms with Crippen LogP contribution in [0.3, 0.4) is 0 Å². The highest BCUT2D eigenvalue weighted by molar-refractivity contribution is 5.92. The molecule has 0 rings (SSSR count). The van der Waals surface area contributed by atoms with E-state index in [4.69, 9.17) is 28.4 Å². The Bertz CT molecular complexity index is 2290. The Morgan fingerprint density at radius 1 is 0.280 bits per heavy atom. The molecule has 44 heteroatoms. The second kappa shape index (κ2) is 58.0. The Morgan fingerprint density at radius 3 is 0.748 bits per heavy atom. The number of nitrogens with one attached hydrogen (secondary N) is 2. The quantitative estimate of drug-likeness (QED) is 0.0251. The number of amides is 7. The van der Waals surface area contributed by atoms with E-state index >= 15 is 0 Å². The van der Waals surface area contributed by atoms with E-state index in [1.165, 1.54) is 57.0 Å². The fraction of sp³-hybridized carbons (Fsp3) is 0.889. The van der Waals surface area contributed by atoms with Gasteiger partial charge in [-0.25, -0.2) is 0 Å². The molecule has 0 spiro atoms. The molecular weight excluding hydrogens is 1440 g/mol. The summed E-state index contributed by atoms with van der Waals surface area (Å²) in [6.07, 6.45) is -32.0. The van der Waals surface area contributed by atoms with Crippen LogP contribution in [-0.2, 0) is 62.0 Å². The molecule has 16 atom stereocenters. The molecular formula is C63H125N11O33. The van der Waals surface area contributed by atoms with Gasteiger partial charge in [-0.05, 0) is 7.05 Å². The van der Waals surface area contributed by atoms with Crippen molar-refractivity contribution < 1.29 is 164 Å². The molecule has 0 saturated carbocycles. The summed E-state index contributed by atoms with van der Waals surface area (Å²) < 4.78 is 33.4. The average Bonchev–Trinajstić information content (AvgIpc) is 0.878. The molecule has 44 nitrogen and oxygen atoms in total. The summed E-state index contributed by atoms with van der Waals surface area (Å²) in [5, 5.41) is 210. The summed E-state index contributed by atoms with van der Waals surface area (Å²) in [7, 11) is 9.86. The Kier molecular flexibility index (Phi) is 55.4. The maximum Gasteiger partial charge on any atom is 0.242 e. The van der Waals surface area contributed by atoms with Crippen LogP contribution in [0.1, 0.15) is 0 Å². The van der Waals surface area contributed by atoms with Crippen molar-refractivity contribution in [2.24, 2.45) is 0 Å². The predicted molar refractivity (Wildman–Crippen MR) is 371 cm³/mol. The van der Waals surface area contributed by atoms with E-state index in [1.54, 1.807) is 11.9 Å².